The highest BCUT2D eigenvalue weighted by molar-refractivity contribution is 5.69. The van der Waals surface area contributed by atoms with Crippen LogP contribution in [-0.2, 0) is 19.0 Å². The molecule has 0 aromatic carbocycles. The van der Waals surface area contributed by atoms with Gasteiger partial charge in [0.2, 0.25) is 0 Å². The lowest BCUT2D eigenvalue weighted by Crippen LogP contribution is -2.39. The maximum Gasteiger partial charge on any atom is 0.306 e. The van der Waals surface area contributed by atoms with Crippen LogP contribution in [0.1, 0.15) is 188 Å². The maximum absolute atomic E-state index is 12.6. The Balaban J connectivity index is 2.24. The SMILES string of the molecule is CCCCCCCCCCCCCCC(=O)OC(COCCCCCCCCCC(C)CCCCCC)COC1C(O)C(O)C(O)C1O. The molecule has 0 saturated heterocycles. The predicted octanol–water partition coefficient (Wildman–Crippen LogP) is 8.58. The van der Waals surface area contributed by atoms with Gasteiger partial charge in [0.25, 0.3) is 0 Å². The minimum absolute atomic E-state index is 0.0975. The van der Waals surface area contributed by atoms with Crippen molar-refractivity contribution in [3.05, 3.63) is 0 Å². The number of hydrogen-bond donors (Lipinski definition) is 4. The molecular weight excluding hydrogens is 608 g/mol. The standard InChI is InChI=1S/C40H78O8/c1-4-6-8-10-11-12-13-14-15-18-21-25-29-35(41)48-34(32-47-40-38(44)36(42)37(43)39(40)45)31-46-30-26-22-19-16-17-20-24-28-33(3)27-23-9-7-5-2/h33-34,36-40,42-45H,4-32H2,1-3H3. The van der Waals surface area contributed by atoms with E-state index in [4.69, 9.17) is 14.2 Å². The molecule has 0 heterocycles. The molecule has 6 atom stereocenters. The molecule has 0 bridgehead atoms. The number of unbranched alkanes of at least 4 members (excludes halogenated alkanes) is 20. The Kier molecular flexibility index (Phi) is 29.2. The van der Waals surface area contributed by atoms with E-state index in [0.29, 0.717) is 13.0 Å². The van der Waals surface area contributed by atoms with Crippen molar-refractivity contribution in [3.8, 4) is 0 Å². The molecule has 6 unspecified atom stereocenters. The molecule has 1 aliphatic rings. The molecule has 4 N–H and O–H groups in total. The Morgan fingerprint density at radius 1 is 0.542 bits per heavy atom. The van der Waals surface area contributed by atoms with Crippen molar-refractivity contribution in [1.82, 2.24) is 0 Å². The van der Waals surface area contributed by atoms with Crippen molar-refractivity contribution in [2.24, 2.45) is 5.92 Å². The highest BCUT2D eigenvalue weighted by atomic mass is 16.6. The maximum atomic E-state index is 12.6. The molecule has 1 rings (SSSR count). The third kappa shape index (κ3) is 22.8. The Labute approximate surface area is 295 Å². The lowest BCUT2D eigenvalue weighted by molar-refractivity contribution is -0.163. The largest absolute Gasteiger partial charge is 0.457 e. The van der Waals surface area contributed by atoms with Crippen LogP contribution in [0.25, 0.3) is 0 Å². The van der Waals surface area contributed by atoms with Crippen LogP contribution < -0.4 is 0 Å². The molecular formula is C40H78O8. The molecule has 8 nitrogen and oxygen atoms in total. The van der Waals surface area contributed by atoms with Gasteiger partial charge in [-0.05, 0) is 18.8 Å². The van der Waals surface area contributed by atoms with Crippen molar-refractivity contribution in [2.45, 2.75) is 224 Å². The summed E-state index contributed by atoms with van der Waals surface area (Å²) in [6, 6.07) is 0. The average molecular weight is 687 g/mol. The second-order valence-electron chi connectivity index (χ2n) is 14.8. The summed E-state index contributed by atoms with van der Waals surface area (Å²) in [4.78, 5) is 12.6. The molecule has 0 spiro atoms. The van der Waals surface area contributed by atoms with E-state index in [1.807, 2.05) is 0 Å². The minimum atomic E-state index is -1.49. The molecule has 0 aromatic rings. The van der Waals surface area contributed by atoms with Crippen LogP contribution in [0.2, 0.25) is 0 Å². The van der Waals surface area contributed by atoms with Crippen LogP contribution in [0.3, 0.4) is 0 Å². The number of carbonyl (C=O) groups excluding carboxylic acids is 1. The van der Waals surface area contributed by atoms with E-state index in [1.165, 1.54) is 128 Å². The van der Waals surface area contributed by atoms with E-state index >= 15 is 0 Å². The van der Waals surface area contributed by atoms with Crippen molar-refractivity contribution in [3.63, 3.8) is 0 Å². The highest BCUT2D eigenvalue weighted by Crippen LogP contribution is 2.25. The van der Waals surface area contributed by atoms with E-state index in [9.17, 15) is 25.2 Å². The second kappa shape index (κ2) is 31.0. The fourth-order valence-electron chi connectivity index (χ4n) is 6.74. The summed E-state index contributed by atoms with van der Waals surface area (Å²) in [6.45, 7) is 7.54. The van der Waals surface area contributed by atoms with Crippen LogP contribution in [0.15, 0.2) is 0 Å². The van der Waals surface area contributed by atoms with Gasteiger partial charge in [-0.25, -0.2) is 0 Å². The van der Waals surface area contributed by atoms with Gasteiger partial charge in [-0.2, -0.15) is 0 Å². The van der Waals surface area contributed by atoms with Crippen molar-refractivity contribution >= 4 is 5.97 Å². The molecule has 1 saturated carbocycles. The molecule has 0 aliphatic heterocycles. The molecule has 1 aliphatic carbocycles. The van der Waals surface area contributed by atoms with Crippen molar-refractivity contribution < 1.29 is 39.4 Å². The monoisotopic (exact) mass is 687 g/mol. The van der Waals surface area contributed by atoms with Gasteiger partial charge < -0.3 is 34.6 Å². The number of carbonyl (C=O) groups is 1. The molecule has 1 fully saturated rings. The first-order valence-corrected chi connectivity index (χ1v) is 20.4. The predicted molar refractivity (Wildman–Crippen MR) is 195 cm³/mol. The Morgan fingerprint density at radius 3 is 1.46 bits per heavy atom. The summed E-state index contributed by atoms with van der Waals surface area (Å²) in [5.41, 5.74) is 0. The summed E-state index contributed by atoms with van der Waals surface area (Å²) in [5, 5.41) is 40.1. The average Bonchev–Trinajstić information content (AvgIpc) is 3.26. The molecule has 8 heteroatoms. The fourth-order valence-corrected chi connectivity index (χ4v) is 6.74. The number of ether oxygens (including phenoxy) is 3. The van der Waals surface area contributed by atoms with Gasteiger partial charge >= 0.3 is 5.97 Å². The second-order valence-corrected chi connectivity index (χ2v) is 14.8. The lowest BCUT2D eigenvalue weighted by atomic mass is 9.96. The summed E-state index contributed by atoms with van der Waals surface area (Å²) >= 11 is 0. The molecule has 0 amide bonds. The topological polar surface area (TPSA) is 126 Å². The zero-order valence-corrected chi connectivity index (χ0v) is 31.5. The first kappa shape index (κ1) is 45.3. The van der Waals surface area contributed by atoms with E-state index in [-0.39, 0.29) is 19.2 Å². The van der Waals surface area contributed by atoms with Gasteiger partial charge in [0.15, 0.2) is 0 Å². The number of hydrogen-bond acceptors (Lipinski definition) is 8. The summed E-state index contributed by atoms with van der Waals surface area (Å²) in [5.74, 6) is 0.547. The zero-order chi connectivity index (χ0) is 35.2. The van der Waals surface area contributed by atoms with Crippen LogP contribution in [0, 0.1) is 5.92 Å². The van der Waals surface area contributed by atoms with Gasteiger partial charge in [-0.1, -0.05) is 168 Å². The summed E-state index contributed by atoms with van der Waals surface area (Å²) < 4.78 is 17.2. The highest BCUT2D eigenvalue weighted by Gasteiger charge is 2.49. The third-order valence-corrected chi connectivity index (χ3v) is 10.1. The van der Waals surface area contributed by atoms with Gasteiger partial charge in [0.1, 0.15) is 36.6 Å². The smallest absolute Gasteiger partial charge is 0.306 e. The van der Waals surface area contributed by atoms with E-state index in [1.54, 1.807) is 0 Å². The molecule has 48 heavy (non-hydrogen) atoms. The van der Waals surface area contributed by atoms with Crippen LogP contribution in [-0.4, -0.2) is 82.8 Å². The third-order valence-electron chi connectivity index (χ3n) is 10.1. The number of aliphatic hydroxyl groups is 4. The van der Waals surface area contributed by atoms with Gasteiger partial charge in [0, 0.05) is 13.0 Å². The molecule has 0 aromatic heterocycles. The van der Waals surface area contributed by atoms with E-state index < -0.39 is 36.6 Å². The minimum Gasteiger partial charge on any atom is -0.457 e. The lowest BCUT2D eigenvalue weighted by Gasteiger charge is -2.24. The van der Waals surface area contributed by atoms with Gasteiger partial charge in [0.05, 0.1) is 13.2 Å². The van der Waals surface area contributed by atoms with Crippen LogP contribution in [0.5, 0.6) is 0 Å². The number of esters is 1. The van der Waals surface area contributed by atoms with Crippen molar-refractivity contribution in [1.29, 1.82) is 0 Å². The van der Waals surface area contributed by atoms with Gasteiger partial charge in [-0.3, -0.25) is 4.79 Å². The van der Waals surface area contributed by atoms with E-state index in [0.717, 1.165) is 38.0 Å². The van der Waals surface area contributed by atoms with Crippen LogP contribution >= 0.6 is 0 Å². The molecule has 0 radical (unpaired) electrons. The first-order chi connectivity index (χ1) is 23.3. The number of rotatable bonds is 34. The Hall–Kier alpha value is -0.770. The Bertz CT molecular complexity index is 707. The number of aliphatic hydroxyl groups excluding tert-OH is 4. The van der Waals surface area contributed by atoms with Crippen LogP contribution in [0.4, 0.5) is 0 Å². The van der Waals surface area contributed by atoms with E-state index in [2.05, 4.69) is 20.8 Å². The van der Waals surface area contributed by atoms with Crippen molar-refractivity contribution in [2.75, 3.05) is 19.8 Å². The Morgan fingerprint density at radius 2 is 0.958 bits per heavy atom. The van der Waals surface area contributed by atoms with Gasteiger partial charge in [-0.15, -0.1) is 0 Å². The summed E-state index contributed by atoms with van der Waals surface area (Å²) in [7, 11) is 0. The molecule has 286 valence electrons. The fraction of sp³-hybridized carbons (Fsp3) is 0.975. The first-order valence-electron chi connectivity index (χ1n) is 20.4. The summed E-state index contributed by atoms with van der Waals surface area (Å²) in [6.07, 6.45) is 24.0. The zero-order valence-electron chi connectivity index (χ0n) is 31.5. The normalized spacial score (nSPS) is 22.3. The quantitative estimate of drug-likeness (QED) is 0.0392.